The summed E-state index contributed by atoms with van der Waals surface area (Å²) in [5.74, 6) is 1.64. The molecule has 0 radical (unpaired) electrons. The Bertz CT molecular complexity index is 522. The summed E-state index contributed by atoms with van der Waals surface area (Å²) < 4.78 is 16.4. The van der Waals surface area contributed by atoms with Crippen LogP contribution < -0.4 is 9.47 Å². The number of hydrogen-bond donors (Lipinski definition) is 0. The van der Waals surface area contributed by atoms with Crippen LogP contribution in [0, 0.1) is 0 Å². The second-order valence-electron chi connectivity index (χ2n) is 4.18. The van der Waals surface area contributed by atoms with Crippen LogP contribution in [0.25, 0.3) is 0 Å². The van der Waals surface area contributed by atoms with E-state index in [9.17, 15) is 0 Å². The summed E-state index contributed by atoms with van der Waals surface area (Å²) in [6, 6.07) is 7.97. The molecule has 94 valence electrons. The number of furan rings is 1. The van der Waals surface area contributed by atoms with Gasteiger partial charge < -0.3 is 13.9 Å². The van der Waals surface area contributed by atoms with Crippen molar-refractivity contribution in [2.45, 2.75) is 11.2 Å². The van der Waals surface area contributed by atoms with E-state index in [0.717, 1.165) is 29.0 Å². The molecule has 1 unspecified atom stereocenters. The average molecular weight is 309 g/mol. The normalized spacial score (nSPS) is 16.1. The predicted octanol–water partition coefficient (Wildman–Crippen LogP) is 3.93. The van der Waals surface area contributed by atoms with E-state index in [1.807, 2.05) is 24.3 Å². The fourth-order valence-corrected chi connectivity index (χ4v) is 2.49. The van der Waals surface area contributed by atoms with Crippen molar-refractivity contribution < 1.29 is 13.9 Å². The lowest BCUT2D eigenvalue weighted by Crippen LogP contribution is -1.97. The van der Waals surface area contributed by atoms with Crippen LogP contribution in [0.2, 0.25) is 0 Å². The summed E-state index contributed by atoms with van der Waals surface area (Å²) in [5.41, 5.74) is 2.21. The first-order chi connectivity index (χ1) is 8.84. The van der Waals surface area contributed by atoms with Gasteiger partial charge in [-0.25, -0.2) is 0 Å². The molecule has 1 atom stereocenters. The Morgan fingerprint density at radius 2 is 1.83 bits per heavy atom. The summed E-state index contributed by atoms with van der Waals surface area (Å²) in [5, 5.41) is 0. The Balaban J connectivity index is 1.92. The first-order valence-corrected chi connectivity index (χ1v) is 6.82. The lowest BCUT2D eigenvalue weighted by molar-refractivity contribution is 0.297. The topological polar surface area (TPSA) is 31.6 Å². The highest BCUT2D eigenvalue weighted by Crippen LogP contribution is 2.37. The zero-order chi connectivity index (χ0) is 12.4. The van der Waals surface area contributed by atoms with E-state index < -0.39 is 0 Å². The molecule has 1 aromatic carbocycles. The van der Waals surface area contributed by atoms with Crippen molar-refractivity contribution >= 4 is 15.9 Å². The smallest absolute Gasteiger partial charge is 0.161 e. The molecule has 3 rings (SSSR count). The lowest BCUT2D eigenvalue weighted by atomic mass is 10.1. The van der Waals surface area contributed by atoms with Crippen molar-refractivity contribution in [2.75, 3.05) is 13.2 Å². The standard InChI is InChI=1S/C14H13BrO3/c15-14(11-4-7-16-9-11)10-2-3-12-13(8-10)18-6-1-5-17-12/h2-4,7-9,14H,1,5-6H2. The fourth-order valence-electron chi connectivity index (χ4n) is 1.95. The van der Waals surface area contributed by atoms with Gasteiger partial charge in [0.2, 0.25) is 0 Å². The molecule has 4 heteroatoms. The van der Waals surface area contributed by atoms with Crippen LogP contribution >= 0.6 is 15.9 Å². The van der Waals surface area contributed by atoms with Gasteiger partial charge in [0.25, 0.3) is 0 Å². The Morgan fingerprint density at radius 3 is 2.61 bits per heavy atom. The fraction of sp³-hybridized carbons (Fsp3) is 0.286. The van der Waals surface area contributed by atoms with Crippen LogP contribution in [-0.2, 0) is 0 Å². The Kier molecular flexibility index (Phi) is 3.28. The maximum Gasteiger partial charge on any atom is 0.161 e. The Morgan fingerprint density at radius 1 is 1.00 bits per heavy atom. The van der Waals surface area contributed by atoms with Gasteiger partial charge in [-0.1, -0.05) is 22.0 Å². The van der Waals surface area contributed by atoms with Crippen LogP contribution in [-0.4, -0.2) is 13.2 Å². The maximum atomic E-state index is 5.69. The number of fused-ring (bicyclic) bond motifs is 1. The SMILES string of the molecule is BrC(c1ccoc1)c1ccc2c(c1)OCCCO2. The first kappa shape index (κ1) is 11.7. The molecule has 0 saturated carbocycles. The Labute approximate surface area is 114 Å². The number of benzene rings is 1. The van der Waals surface area contributed by atoms with Crippen molar-refractivity contribution in [2.24, 2.45) is 0 Å². The molecular formula is C14H13BrO3. The van der Waals surface area contributed by atoms with E-state index in [-0.39, 0.29) is 4.83 Å². The average Bonchev–Trinajstić information content (AvgIpc) is 2.83. The highest BCUT2D eigenvalue weighted by atomic mass is 79.9. The van der Waals surface area contributed by atoms with Gasteiger partial charge in [0.1, 0.15) is 0 Å². The zero-order valence-corrected chi connectivity index (χ0v) is 11.4. The molecule has 0 saturated heterocycles. The van der Waals surface area contributed by atoms with Crippen LogP contribution in [0.3, 0.4) is 0 Å². The molecular weight excluding hydrogens is 296 g/mol. The molecule has 0 fully saturated rings. The van der Waals surface area contributed by atoms with E-state index in [1.54, 1.807) is 12.5 Å². The van der Waals surface area contributed by atoms with Gasteiger partial charge in [0.05, 0.1) is 30.6 Å². The molecule has 2 heterocycles. The molecule has 1 aliphatic rings. The number of hydrogen-bond acceptors (Lipinski definition) is 3. The van der Waals surface area contributed by atoms with Gasteiger partial charge in [-0.15, -0.1) is 0 Å². The number of alkyl halides is 1. The second kappa shape index (κ2) is 5.06. The first-order valence-electron chi connectivity index (χ1n) is 5.90. The summed E-state index contributed by atoms with van der Waals surface area (Å²) in [7, 11) is 0. The van der Waals surface area contributed by atoms with Gasteiger partial charge in [0.15, 0.2) is 11.5 Å². The van der Waals surface area contributed by atoms with Crippen LogP contribution in [0.1, 0.15) is 22.4 Å². The minimum absolute atomic E-state index is 0.105. The highest BCUT2D eigenvalue weighted by Gasteiger charge is 2.16. The van der Waals surface area contributed by atoms with Crippen molar-refractivity contribution in [1.82, 2.24) is 0 Å². The monoisotopic (exact) mass is 308 g/mol. The van der Waals surface area contributed by atoms with Crippen molar-refractivity contribution in [3.63, 3.8) is 0 Å². The summed E-state index contributed by atoms with van der Waals surface area (Å²) in [6.45, 7) is 1.42. The lowest BCUT2D eigenvalue weighted by Gasteiger charge is -2.12. The molecule has 1 aromatic heterocycles. The third-order valence-electron chi connectivity index (χ3n) is 2.90. The molecule has 0 spiro atoms. The molecule has 0 aliphatic carbocycles. The Hall–Kier alpha value is -1.42. The van der Waals surface area contributed by atoms with Gasteiger partial charge in [-0.3, -0.25) is 0 Å². The largest absolute Gasteiger partial charge is 0.490 e. The quantitative estimate of drug-likeness (QED) is 0.788. The summed E-state index contributed by atoms with van der Waals surface area (Å²) >= 11 is 3.66. The van der Waals surface area contributed by atoms with Gasteiger partial charge in [-0.05, 0) is 23.8 Å². The second-order valence-corrected chi connectivity index (χ2v) is 5.09. The minimum Gasteiger partial charge on any atom is -0.490 e. The minimum atomic E-state index is 0.105. The molecule has 2 aromatic rings. The zero-order valence-electron chi connectivity index (χ0n) is 9.77. The molecule has 0 amide bonds. The third-order valence-corrected chi connectivity index (χ3v) is 3.96. The molecule has 3 nitrogen and oxygen atoms in total. The molecule has 0 N–H and O–H groups in total. The molecule has 1 aliphatic heterocycles. The molecule has 0 bridgehead atoms. The van der Waals surface area contributed by atoms with Crippen molar-refractivity contribution in [3.05, 3.63) is 47.9 Å². The predicted molar refractivity (Wildman–Crippen MR) is 71.5 cm³/mol. The van der Waals surface area contributed by atoms with E-state index in [2.05, 4.69) is 15.9 Å². The third kappa shape index (κ3) is 2.25. The summed E-state index contributed by atoms with van der Waals surface area (Å²) in [6.07, 6.45) is 4.33. The van der Waals surface area contributed by atoms with Crippen molar-refractivity contribution in [1.29, 1.82) is 0 Å². The van der Waals surface area contributed by atoms with E-state index in [1.165, 1.54) is 0 Å². The van der Waals surface area contributed by atoms with E-state index >= 15 is 0 Å². The number of rotatable bonds is 2. The number of halogens is 1. The van der Waals surface area contributed by atoms with Gasteiger partial charge in [-0.2, -0.15) is 0 Å². The van der Waals surface area contributed by atoms with Crippen LogP contribution in [0.4, 0.5) is 0 Å². The maximum absolute atomic E-state index is 5.69. The van der Waals surface area contributed by atoms with Gasteiger partial charge >= 0.3 is 0 Å². The van der Waals surface area contributed by atoms with Crippen LogP contribution in [0.5, 0.6) is 11.5 Å². The number of ether oxygens (including phenoxy) is 2. The van der Waals surface area contributed by atoms with Gasteiger partial charge in [0, 0.05) is 12.0 Å². The van der Waals surface area contributed by atoms with E-state index in [4.69, 9.17) is 13.9 Å². The molecule has 18 heavy (non-hydrogen) atoms. The van der Waals surface area contributed by atoms with E-state index in [0.29, 0.717) is 13.2 Å². The summed E-state index contributed by atoms with van der Waals surface area (Å²) in [4.78, 5) is 0.105. The highest BCUT2D eigenvalue weighted by molar-refractivity contribution is 9.09. The van der Waals surface area contributed by atoms with Crippen LogP contribution in [0.15, 0.2) is 41.2 Å². The van der Waals surface area contributed by atoms with Crippen molar-refractivity contribution in [3.8, 4) is 11.5 Å².